The van der Waals surface area contributed by atoms with E-state index in [4.69, 9.17) is 4.74 Å². The number of aromatic nitrogens is 1. The molecule has 0 radical (unpaired) electrons. The average Bonchev–Trinajstić information content (AvgIpc) is 3.25. The molecule has 0 saturated heterocycles. The zero-order chi connectivity index (χ0) is 19.1. The third-order valence-electron chi connectivity index (χ3n) is 3.79. The second-order valence-corrected chi connectivity index (χ2v) is 7.67. The summed E-state index contributed by atoms with van der Waals surface area (Å²) in [5.41, 5.74) is 0.170. The number of anilines is 1. The van der Waals surface area contributed by atoms with Crippen LogP contribution in [0.3, 0.4) is 0 Å². The van der Waals surface area contributed by atoms with E-state index in [1.54, 1.807) is 5.38 Å². The van der Waals surface area contributed by atoms with Gasteiger partial charge in [-0.15, -0.1) is 11.3 Å². The summed E-state index contributed by atoms with van der Waals surface area (Å²) in [7, 11) is 1.50. The van der Waals surface area contributed by atoms with Crippen molar-refractivity contribution in [1.29, 1.82) is 0 Å². The van der Waals surface area contributed by atoms with Gasteiger partial charge in [0.05, 0.1) is 6.54 Å². The summed E-state index contributed by atoms with van der Waals surface area (Å²) >= 11 is 1.32. The topological polar surface area (TPSA) is 101 Å². The molecular formula is C17H26N4O4S. The third-order valence-corrected chi connectivity index (χ3v) is 4.59. The van der Waals surface area contributed by atoms with Crippen LogP contribution in [0, 0.1) is 5.92 Å². The van der Waals surface area contributed by atoms with Gasteiger partial charge in [-0.25, -0.2) is 9.78 Å². The zero-order valence-electron chi connectivity index (χ0n) is 15.4. The summed E-state index contributed by atoms with van der Waals surface area (Å²) in [5, 5.41) is 8.20. The van der Waals surface area contributed by atoms with Crippen LogP contribution >= 0.6 is 11.3 Å². The molecule has 1 fully saturated rings. The smallest absolute Gasteiger partial charge is 0.358 e. The van der Waals surface area contributed by atoms with Gasteiger partial charge in [0.2, 0.25) is 5.91 Å². The van der Waals surface area contributed by atoms with Crippen LogP contribution in [0.1, 0.15) is 43.6 Å². The molecular weight excluding hydrogens is 356 g/mol. The van der Waals surface area contributed by atoms with Crippen LogP contribution < -0.4 is 10.6 Å². The molecule has 0 atom stereocenters. The molecule has 1 aromatic heterocycles. The lowest BCUT2D eigenvalue weighted by Crippen LogP contribution is -2.40. The van der Waals surface area contributed by atoms with Gasteiger partial charge >= 0.3 is 5.97 Å². The Morgan fingerprint density at radius 3 is 2.77 bits per heavy atom. The fourth-order valence-corrected chi connectivity index (χ4v) is 2.74. The van der Waals surface area contributed by atoms with Gasteiger partial charge in [0.25, 0.3) is 5.91 Å². The molecule has 8 nitrogen and oxygen atoms in total. The predicted octanol–water partition coefficient (Wildman–Crippen LogP) is 1.49. The number of carbonyl (C=O) groups is 3. The molecule has 0 aliphatic heterocycles. The van der Waals surface area contributed by atoms with Crippen molar-refractivity contribution >= 4 is 34.3 Å². The highest BCUT2D eigenvalue weighted by molar-refractivity contribution is 7.13. The summed E-state index contributed by atoms with van der Waals surface area (Å²) in [6.45, 7) is 4.59. The van der Waals surface area contributed by atoms with Crippen LogP contribution in [-0.4, -0.2) is 60.5 Å². The number of amides is 2. The fraction of sp³-hybridized carbons (Fsp3) is 0.647. The van der Waals surface area contributed by atoms with Gasteiger partial charge in [0.1, 0.15) is 0 Å². The van der Waals surface area contributed by atoms with Crippen molar-refractivity contribution in [3.05, 3.63) is 11.1 Å². The zero-order valence-corrected chi connectivity index (χ0v) is 16.2. The van der Waals surface area contributed by atoms with Crippen molar-refractivity contribution < 1.29 is 19.1 Å². The molecule has 144 valence electrons. The van der Waals surface area contributed by atoms with Crippen LogP contribution in [-0.2, 0) is 14.3 Å². The first-order valence-corrected chi connectivity index (χ1v) is 9.63. The van der Waals surface area contributed by atoms with Crippen molar-refractivity contribution in [2.75, 3.05) is 32.1 Å². The van der Waals surface area contributed by atoms with Crippen molar-refractivity contribution in [1.82, 2.24) is 15.2 Å². The fourth-order valence-electron chi connectivity index (χ4n) is 2.03. The minimum atomic E-state index is -0.651. The van der Waals surface area contributed by atoms with Gasteiger partial charge in [0.15, 0.2) is 17.4 Å². The molecule has 26 heavy (non-hydrogen) atoms. The van der Waals surface area contributed by atoms with Crippen LogP contribution in [0.25, 0.3) is 0 Å². The molecule has 2 amide bonds. The molecule has 1 aliphatic rings. The van der Waals surface area contributed by atoms with Gasteiger partial charge in [0, 0.05) is 25.0 Å². The van der Waals surface area contributed by atoms with E-state index in [1.165, 1.54) is 23.3 Å². The molecule has 1 aliphatic carbocycles. The van der Waals surface area contributed by atoms with Gasteiger partial charge in [-0.2, -0.15) is 0 Å². The number of thiazole rings is 1. The molecule has 9 heteroatoms. The Bertz CT molecular complexity index is 642. The van der Waals surface area contributed by atoms with E-state index in [1.807, 2.05) is 0 Å². The normalized spacial score (nSPS) is 13.4. The highest BCUT2D eigenvalue weighted by Gasteiger charge is 2.24. The maximum Gasteiger partial charge on any atom is 0.358 e. The summed E-state index contributed by atoms with van der Waals surface area (Å²) in [5.74, 6) is -0.704. The monoisotopic (exact) mass is 382 g/mol. The van der Waals surface area contributed by atoms with Crippen molar-refractivity contribution in [2.24, 2.45) is 5.92 Å². The van der Waals surface area contributed by atoms with Gasteiger partial charge in [-0.05, 0) is 25.2 Å². The Kier molecular flexibility index (Phi) is 7.38. The lowest BCUT2D eigenvalue weighted by Gasteiger charge is -2.16. The first-order chi connectivity index (χ1) is 12.3. The van der Waals surface area contributed by atoms with Crippen molar-refractivity contribution in [3.63, 3.8) is 0 Å². The number of hydrogen-bond acceptors (Lipinski definition) is 7. The molecule has 1 heterocycles. The van der Waals surface area contributed by atoms with Gasteiger partial charge in [-0.1, -0.05) is 13.8 Å². The molecule has 1 saturated carbocycles. The summed E-state index contributed by atoms with van der Waals surface area (Å²) in [4.78, 5) is 41.0. The summed E-state index contributed by atoms with van der Waals surface area (Å²) in [6.07, 6.45) is 2.99. The van der Waals surface area contributed by atoms with Crippen molar-refractivity contribution in [3.8, 4) is 0 Å². The highest BCUT2D eigenvalue weighted by Crippen LogP contribution is 2.18. The first-order valence-electron chi connectivity index (χ1n) is 8.75. The standard InChI is InChI=1S/C17H26N4O4S/c1-11(2)6-7-18-17-20-13(10-26-17)16(24)25-9-15(23)21(3)8-14(22)19-12-4-5-12/h10-12H,4-9H2,1-3H3,(H,18,20)(H,19,22). The molecule has 0 aromatic carbocycles. The molecule has 0 bridgehead atoms. The number of esters is 1. The number of nitrogens with one attached hydrogen (secondary N) is 2. The van der Waals surface area contributed by atoms with E-state index in [0.29, 0.717) is 11.0 Å². The number of ether oxygens (including phenoxy) is 1. The predicted molar refractivity (Wildman–Crippen MR) is 99.1 cm³/mol. The van der Waals surface area contributed by atoms with E-state index in [-0.39, 0.29) is 24.2 Å². The summed E-state index contributed by atoms with van der Waals surface area (Å²) in [6, 6.07) is 0.247. The maximum atomic E-state index is 12.0. The Morgan fingerprint density at radius 1 is 1.38 bits per heavy atom. The van der Waals surface area contributed by atoms with E-state index >= 15 is 0 Å². The van der Waals surface area contributed by atoms with Crippen molar-refractivity contribution in [2.45, 2.75) is 39.2 Å². The lowest BCUT2D eigenvalue weighted by molar-refractivity contribution is -0.137. The Morgan fingerprint density at radius 2 is 2.12 bits per heavy atom. The molecule has 1 aromatic rings. The third kappa shape index (κ3) is 6.99. The largest absolute Gasteiger partial charge is 0.451 e. The second-order valence-electron chi connectivity index (χ2n) is 6.81. The first kappa shape index (κ1) is 20.2. The molecule has 0 unspecified atom stereocenters. The Labute approximate surface area is 157 Å². The van der Waals surface area contributed by atoms with E-state index < -0.39 is 18.5 Å². The maximum absolute atomic E-state index is 12.0. The Balaban J connectivity index is 1.70. The SMILES string of the molecule is CC(C)CCNc1nc(C(=O)OCC(=O)N(C)CC(=O)NC2CC2)cs1. The van der Waals surface area contributed by atoms with Crippen LogP contribution in [0.5, 0.6) is 0 Å². The quantitative estimate of drug-likeness (QED) is 0.595. The van der Waals surface area contributed by atoms with E-state index in [9.17, 15) is 14.4 Å². The van der Waals surface area contributed by atoms with Gasteiger partial charge in [-0.3, -0.25) is 9.59 Å². The number of likely N-dealkylation sites (N-methyl/N-ethyl adjacent to an activating group) is 1. The highest BCUT2D eigenvalue weighted by atomic mass is 32.1. The summed E-state index contributed by atoms with van der Waals surface area (Å²) < 4.78 is 5.00. The van der Waals surface area contributed by atoms with Crippen LogP contribution in [0.15, 0.2) is 5.38 Å². The Hall–Kier alpha value is -2.16. The number of nitrogens with zero attached hydrogens (tertiary/aromatic N) is 2. The molecule has 0 spiro atoms. The lowest BCUT2D eigenvalue weighted by atomic mass is 10.1. The van der Waals surface area contributed by atoms with Gasteiger partial charge < -0.3 is 20.3 Å². The number of rotatable bonds is 10. The van der Waals surface area contributed by atoms with E-state index in [2.05, 4.69) is 29.5 Å². The average molecular weight is 382 g/mol. The van der Waals surface area contributed by atoms with Crippen LogP contribution in [0.2, 0.25) is 0 Å². The van der Waals surface area contributed by atoms with Crippen LogP contribution in [0.4, 0.5) is 5.13 Å². The second kappa shape index (κ2) is 9.51. The molecule has 2 rings (SSSR count). The minimum absolute atomic E-state index is 0.0481. The number of carbonyl (C=O) groups excluding carboxylic acids is 3. The number of hydrogen-bond donors (Lipinski definition) is 2. The molecule has 2 N–H and O–H groups in total. The minimum Gasteiger partial charge on any atom is -0.451 e. The van der Waals surface area contributed by atoms with E-state index in [0.717, 1.165) is 25.8 Å².